The van der Waals surface area contributed by atoms with Crippen LogP contribution in [0.5, 0.6) is 11.5 Å². The van der Waals surface area contributed by atoms with Crippen molar-refractivity contribution in [3.63, 3.8) is 0 Å². The first-order chi connectivity index (χ1) is 9.52. The van der Waals surface area contributed by atoms with Gasteiger partial charge in [-0.15, -0.1) is 0 Å². The van der Waals surface area contributed by atoms with Crippen LogP contribution in [0.4, 0.5) is 0 Å². The van der Waals surface area contributed by atoms with E-state index in [9.17, 15) is 0 Å². The van der Waals surface area contributed by atoms with E-state index < -0.39 is 0 Å². The number of nitrogens with zero attached hydrogens (tertiary/aromatic N) is 1. The molecule has 0 saturated heterocycles. The lowest BCUT2D eigenvalue weighted by Crippen LogP contribution is -2.14. The highest BCUT2D eigenvalue weighted by molar-refractivity contribution is 9.10. The number of rotatable bonds is 3. The number of hydrogen-bond acceptors (Lipinski definition) is 3. The molecule has 0 amide bonds. The van der Waals surface area contributed by atoms with Crippen LogP contribution in [0.25, 0.3) is 0 Å². The van der Waals surface area contributed by atoms with Gasteiger partial charge < -0.3 is 15.7 Å². The Morgan fingerprint density at radius 2 is 1.95 bits per heavy atom. The minimum absolute atomic E-state index is 0.0119. The molecule has 2 aromatic rings. The van der Waals surface area contributed by atoms with E-state index in [2.05, 4.69) is 21.1 Å². The highest BCUT2D eigenvalue weighted by atomic mass is 79.9. The molecule has 0 unspecified atom stereocenters. The molecule has 0 radical (unpaired) electrons. The molecule has 0 aromatic heterocycles. The van der Waals surface area contributed by atoms with Gasteiger partial charge in [0.1, 0.15) is 11.5 Å². The maximum absolute atomic E-state index is 8.84. The average Bonchev–Trinajstić information content (AvgIpc) is 2.43. The monoisotopic (exact) mass is 334 g/mol. The fourth-order valence-corrected chi connectivity index (χ4v) is 2.14. The second-order valence-corrected chi connectivity index (χ2v) is 5.34. The van der Waals surface area contributed by atoms with Crippen LogP contribution in [0.3, 0.4) is 0 Å². The molecule has 0 fully saturated rings. The number of hydrogen-bond donors (Lipinski definition) is 2. The highest BCUT2D eigenvalue weighted by Gasteiger charge is 2.11. The van der Waals surface area contributed by atoms with Crippen LogP contribution in [0.2, 0.25) is 0 Å². The predicted molar refractivity (Wildman–Crippen MR) is 82.6 cm³/mol. The number of amidine groups is 1. The third-order valence-corrected chi connectivity index (χ3v) is 3.60. The molecule has 3 N–H and O–H groups in total. The summed E-state index contributed by atoms with van der Waals surface area (Å²) in [6, 6.07) is 11.2. The third kappa shape index (κ3) is 2.93. The molecule has 4 nitrogen and oxygen atoms in total. The van der Waals surface area contributed by atoms with E-state index in [1.807, 2.05) is 38.1 Å². The third-order valence-electron chi connectivity index (χ3n) is 3.10. The summed E-state index contributed by atoms with van der Waals surface area (Å²) in [5, 5.41) is 11.9. The van der Waals surface area contributed by atoms with Crippen molar-refractivity contribution in [2.75, 3.05) is 0 Å². The van der Waals surface area contributed by atoms with E-state index in [1.54, 1.807) is 12.1 Å². The Morgan fingerprint density at radius 1 is 1.20 bits per heavy atom. The first-order valence-corrected chi connectivity index (χ1v) is 6.83. The number of aryl methyl sites for hydroxylation is 1. The summed E-state index contributed by atoms with van der Waals surface area (Å²) in [7, 11) is 0. The quantitative estimate of drug-likeness (QED) is 0.386. The fourth-order valence-electron chi connectivity index (χ4n) is 1.80. The molecule has 20 heavy (non-hydrogen) atoms. The second kappa shape index (κ2) is 5.96. The van der Waals surface area contributed by atoms with Gasteiger partial charge in [-0.05, 0) is 49.2 Å². The summed E-state index contributed by atoms with van der Waals surface area (Å²) in [5.74, 6) is 1.29. The molecule has 0 spiro atoms. The van der Waals surface area contributed by atoms with Crippen molar-refractivity contribution in [1.29, 1.82) is 0 Å². The standard InChI is InChI=1S/C15H15BrN2O2/c1-9-4-3-5-13(10(9)2)20-14-8-11(16)6-7-12(14)15(17)18-19/h3-8,19H,1-2H3,(H2,17,18). The molecule has 0 saturated carbocycles. The van der Waals surface area contributed by atoms with Gasteiger partial charge in [-0.25, -0.2) is 0 Å². The molecule has 0 heterocycles. The van der Waals surface area contributed by atoms with Crippen LogP contribution < -0.4 is 10.5 Å². The van der Waals surface area contributed by atoms with Crippen molar-refractivity contribution < 1.29 is 9.94 Å². The van der Waals surface area contributed by atoms with Crippen molar-refractivity contribution >= 4 is 21.8 Å². The zero-order valence-corrected chi connectivity index (χ0v) is 12.8. The number of ether oxygens (including phenoxy) is 1. The zero-order chi connectivity index (χ0) is 14.7. The van der Waals surface area contributed by atoms with Crippen molar-refractivity contribution in [3.8, 4) is 11.5 Å². The summed E-state index contributed by atoms with van der Waals surface area (Å²) in [5.41, 5.74) is 8.41. The largest absolute Gasteiger partial charge is 0.456 e. The Hall–Kier alpha value is -2.01. The molecular formula is C15H15BrN2O2. The summed E-state index contributed by atoms with van der Waals surface area (Å²) >= 11 is 3.39. The van der Waals surface area contributed by atoms with Gasteiger partial charge >= 0.3 is 0 Å². The van der Waals surface area contributed by atoms with Crippen molar-refractivity contribution in [2.24, 2.45) is 10.9 Å². The molecule has 2 aromatic carbocycles. The number of benzene rings is 2. The van der Waals surface area contributed by atoms with Crippen LogP contribution in [0.15, 0.2) is 46.0 Å². The van der Waals surface area contributed by atoms with Gasteiger partial charge in [0, 0.05) is 4.47 Å². The Kier molecular flexibility index (Phi) is 4.29. The normalized spacial score (nSPS) is 11.4. The van der Waals surface area contributed by atoms with Crippen molar-refractivity contribution in [1.82, 2.24) is 0 Å². The Bertz CT molecular complexity index is 669. The minimum atomic E-state index is 0.0119. The zero-order valence-electron chi connectivity index (χ0n) is 11.2. The van der Waals surface area contributed by atoms with Crippen LogP contribution >= 0.6 is 15.9 Å². The van der Waals surface area contributed by atoms with Crippen LogP contribution in [-0.2, 0) is 0 Å². The average molecular weight is 335 g/mol. The van der Waals surface area contributed by atoms with E-state index in [1.165, 1.54) is 0 Å². The van der Waals surface area contributed by atoms with Crippen molar-refractivity contribution in [3.05, 3.63) is 57.6 Å². The van der Waals surface area contributed by atoms with E-state index in [4.69, 9.17) is 15.7 Å². The Balaban J connectivity index is 2.47. The Morgan fingerprint density at radius 3 is 2.65 bits per heavy atom. The summed E-state index contributed by atoms with van der Waals surface area (Å²) < 4.78 is 6.78. The SMILES string of the molecule is Cc1cccc(Oc2cc(Br)ccc2/C(N)=N/O)c1C. The highest BCUT2D eigenvalue weighted by Crippen LogP contribution is 2.31. The minimum Gasteiger partial charge on any atom is -0.456 e. The lowest BCUT2D eigenvalue weighted by Gasteiger charge is -2.13. The van der Waals surface area contributed by atoms with Gasteiger partial charge in [-0.1, -0.05) is 33.2 Å². The van der Waals surface area contributed by atoms with E-state index in [-0.39, 0.29) is 5.84 Å². The predicted octanol–water partition coefficient (Wildman–Crippen LogP) is 3.95. The van der Waals surface area contributed by atoms with Gasteiger partial charge in [-0.3, -0.25) is 0 Å². The molecule has 0 atom stereocenters. The molecular weight excluding hydrogens is 320 g/mol. The van der Waals surface area contributed by atoms with Crippen LogP contribution in [-0.4, -0.2) is 11.0 Å². The number of halogens is 1. The molecule has 104 valence electrons. The maximum atomic E-state index is 8.84. The van der Waals surface area contributed by atoms with Crippen LogP contribution in [0, 0.1) is 13.8 Å². The molecule has 0 aliphatic rings. The number of oxime groups is 1. The Labute approximate surface area is 126 Å². The van der Waals surface area contributed by atoms with Crippen LogP contribution in [0.1, 0.15) is 16.7 Å². The topological polar surface area (TPSA) is 67.8 Å². The second-order valence-electron chi connectivity index (χ2n) is 4.43. The first-order valence-electron chi connectivity index (χ1n) is 6.04. The van der Waals surface area contributed by atoms with Gasteiger partial charge in [-0.2, -0.15) is 0 Å². The summed E-state index contributed by atoms with van der Waals surface area (Å²) in [6.07, 6.45) is 0. The van der Waals surface area contributed by atoms with Gasteiger partial charge in [0.15, 0.2) is 5.84 Å². The maximum Gasteiger partial charge on any atom is 0.173 e. The molecule has 0 bridgehead atoms. The van der Waals surface area contributed by atoms with E-state index >= 15 is 0 Å². The van der Waals surface area contributed by atoms with E-state index in [0.29, 0.717) is 11.3 Å². The summed E-state index contributed by atoms with van der Waals surface area (Å²) in [4.78, 5) is 0. The first kappa shape index (κ1) is 14.4. The number of nitrogens with two attached hydrogens (primary N) is 1. The van der Waals surface area contributed by atoms with Crippen molar-refractivity contribution in [2.45, 2.75) is 13.8 Å². The summed E-state index contributed by atoms with van der Waals surface area (Å²) in [6.45, 7) is 4.01. The van der Waals surface area contributed by atoms with E-state index in [0.717, 1.165) is 21.3 Å². The fraction of sp³-hybridized carbons (Fsp3) is 0.133. The molecule has 0 aliphatic carbocycles. The lowest BCUT2D eigenvalue weighted by molar-refractivity contribution is 0.318. The smallest absolute Gasteiger partial charge is 0.173 e. The van der Waals surface area contributed by atoms with Gasteiger partial charge in [0.05, 0.1) is 5.56 Å². The molecule has 2 rings (SSSR count). The van der Waals surface area contributed by atoms with Gasteiger partial charge in [0.2, 0.25) is 0 Å². The molecule has 5 heteroatoms. The molecule has 0 aliphatic heterocycles. The van der Waals surface area contributed by atoms with Gasteiger partial charge in [0.25, 0.3) is 0 Å². The lowest BCUT2D eigenvalue weighted by atomic mass is 10.1.